The fraction of sp³-hybridized carbons (Fsp3) is 0.125. The van der Waals surface area contributed by atoms with Gasteiger partial charge in [0.1, 0.15) is 0 Å². The Morgan fingerprint density at radius 1 is 1.05 bits per heavy atom. The quantitative estimate of drug-likeness (QED) is 0.888. The minimum atomic E-state index is -1.03. The summed E-state index contributed by atoms with van der Waals surface area (Å²) >= 11 is 5.95. The van der Waals surface area contributed by atoms with Crippen LogP contribution in [0.25, 0.3) is 0 Å². The van der Waals surface area contributed by atoms with Crippen LogP contribution in [-0.2, 0) is 9.59 Å². The molecular weight excluding hydrogens is 290 g/mol. The van der Waals surface area contributed by atoms with Crippen molar-refractivity contribution in [3.63, 3.8) is 0 Å². The number of benzene rings is 2. The Labute approximate surface area is 127 Å². The van der Waals surface area contributed by atoms with Crippen LogP contribution in [0.5, 0.6) is 0 Å². The highest BCUT2D eigenvalue weighted by atomic mass is 35.5. The number of carboxylic acids is 1. The molecule has 0 saturated heterocycles. The van der Waals surface area contributed by atoms with Gasteiger partial charge in [0.2, 0.25) is 5.91 Å². The lowest BCUT2D eigenvalue weighted by atomic mass is 9.95. The van der Waals surface area contributed by atoms with Gasteiger partial charge in [-0.15, -0.1) is 0 Å². The first-order valence-electron chi connectivity index (χ1n) is 6.40. The molecule has 0 heterocycles. The summed E-state index contributed by atoms with van der Waals surface area (Å²) in [5.74, 6) is -2.30. The van der Waals surface area contributed by atoms with E-state index in [0.717, 1.165) is 0 Å². The first-order chi connectivity index (χ1) is 10.1. The molecule has 2 aromatic rings. The Hall–Kier alpha value is -2.33. The van der Waals surface area contributed by atoms with Crippen LogP contribution in [0.2, 0.25) is 5.02 Å². The number of nitrogens with one attached hydrogen (secondary N) is 1. The van der Waals surface area contributed by atoms with Crippen molar-refractivity contribution in [3.8, 4) is 0 Å². The van der Waals surface area contributed by atoms with E-state index in [2.05, 4.69) is 5.32 Å². The van der Waals surface area contributed by atoms with Crippen LogP contribution in [0, 0.1) is 0 Å². The fourth-order valence-electron chi connectivity index (χ4n) is 1.98. The fourth-order valence-corrected chi connectivity index (χ4v) is 2.17. The van der Waals surface area contributed by atoms with E-state index in [-0.39, 0.29) is 12.3 Å². The number of rotatable bonds is 5. The number of para-hydroxylation sites is 1. The molecule has 0 aliphatic rings. The van der Waals surface area contributed by atoms with E-state index in [0.29, 0.717) is 16.3 Å². The van der Waals surface area contributed by atoms with Crippen LogP contribution in [-0.4, -0.2) is 17.0 Å². The Kier molecular flexibility index (Phi) is 4.95. The van der Waals surface area contributed by atoms with Gasteiger partial charge in [-0.2, -0.15) is 0 Å². The summed E-state index contributed by atoms with van der Waals surface area (Å²) in [5, 5.41) is 12.3. The Morgan fingerprint density at radius 2 is 1.67 bits per heavy atom. The van der Waals surface area contributed by atoms with Crippen molar-refractivity contribution >= 4 is 29.2 Å². The maximum atomic E-state index is 12.0. The maximum absolute atomic E-state index is 12.0. The van der Waals surface area contributed by atoms with Crippen LogP contribution in [0.1, 0.15) is 17.9 Å². The molecule has 0 radical (unpaired) electrons. The number of amides is 1. The summed E-state index contributed by atoms with van der Waals surface area (Å²) in [5.41, 5.74) is 1.07. The summed E-state index contributed by atoms with van der Waals surface area (Å²) in [6, 6.07) is 15.5. The van der Waals surface area contributed by atoms with Crippen molar-refractivity contribution in [2.24, 2.45) is 0 Å². The molecule has 2 rings (SSSR count). The standard InChI is InChI=1S/C16H14ClNO3/c17-13-8-4-5-9-14(13)18-15(19)10-12(16(20)21)11-6-2-1-3-7-11/h1-9,12H,10H2,(H,18,19)(H,20,21). The van der Waals surface area contributed by atoms with E-state index < -0.39 is 11.9 Å². The van der Waals surface area contributed by atoms with E-state index in [1.54, 1.807) is 54.6 Å². The van der Waals surface area contributed by atoms with E-state index in [1.165, 1.54) is 0 Å². The van der Waals surface area contributed by atoms with Crippen LogP contribution in [0.4, 0.5) is 5.69 Å². The lowest BCUT2D eigenvalue weighted by Gasteiger charge is -2.13. The molecule has 1 atom stereocenters. The molecule has 0 aliphatic carbocycles. The average molecular weight is 304 g/mol. The number of halogens is 1. The van der Waals surface area contributed by atoms with Crippen molar-refractivity contribution in [2.75, 3.05) is 5.32 Å². The molecule has 1 amide bonds. The van der Waals surface area contributed by atoms with Crippen LogP contribution >= 0.6 is 11.6 Å². The molecule has 0 saturated carbocycles. The molecule has 0 fully saturated rings. The number of carbonyl (C=O) groups excluding carboxylic acids is 1. The molecule has 5 heteroatoms. The molecule has 1 unspecified atom stereocenters. The first kappa shape index (κ1) is 15.1. The molecule has 2 N–H and O–H groups in total. The molecule has 4 nitrogen and oxygen atoms in total. The molecule has 2 aromatic carbocycles. The van der Waals surface area contributed by atoms with Gasteiger partial charge in [0.15, 0.2) is 0 Å². The highest BCUT2D eigenvalue weighted by molar-refractivity contribution is 6.33. The molecule has 0 aliphatic heterocycles. The Balaban J connectivity index is 2.10. The number of carbonyl (C=O) groups is 2. The predicted molar refractivity (Wildman–Crippen MR) is 81.5 cm³/mol. The second-order valence-corrected chi connectivity index (χ2v) is 4.94. The van der Waals surface area contributed by atoms with Crippen molar-refractivity contribution < 1.29 is 14.7 Å². The third kappa shape index (κ3) is 4.07. The number of carboxylic acid groups (broad SMARTS) is 1. The predicted octanol–water partition coefficient (Wildman–Crippen LogP) is 3.54. The van der Waals surface area contributed by atoms with E-state index >= 15 is 0 Å². The molecule has 0 spiro atoms. The van der Waals surface area contributed by atoms with Gasteiger partial charge in [-0.05, 0) is 17.7 Å². The summed E-state index contributed by atoms with van der Waals surface area (Å²) in [6.45, 7) is 0. The number of hydrogen-bond acceptors (Lipinski definition) is 2. The molecule has 108 valence electrons. The van der Waals surface area contributed by atoms with Crippen molar-refractivity contribution in [1.82, 2.24) is 0 Å². The summed E-state index contributed by atoms with van der Waals surface area (Å²) in [6.07, 6.45) is -0.148. The lowest BCUT2D eigenvalue weighted by molar-refractivity contribution is -0.140. The SMILES string of the molecule is O=C(CC(C(=O)O)c1ccccc1)Nc1ccccc1Cl. The van der Waals surface area contributed by atoms with Crippen molar-refractivity contribution in [3.05, 3.63) is 65.2 Å². The summed E-state index contributed by atoms with van der Waals surface area (Å²) < 4.78 is 0. The zero-order valence-electron chi connectivity index (χ0n) is 11.1. The van der Waals surface area contributed by atoms with E-state index in [9.17, 15) is 14.7 Å². The third-order valence-electron chi connectivity index (χ3n) is 3.04. The van der Waals surface area contributed by atoms with E-state index in [4.69, 9.17) is 11.6 Å². The number of aliphatic carboxylic acids is 1. The maximum Gasteiger partial charge on any atom is 0.311 e. The molecule has 0 aromatic heterocycles. The Bertz CT molecular complexity index is 643. The van der Waals surface area contributed by atoms with Gasteiger partial charge in [0.25, 0.3) is 0 Å². The minimum Gasteiger partial charge on any atom is -0.481 e. The van der Waals surface area contributed by atoms with Gasteiger partial charge >= 0.3 is 5.97 Å². The highest BCUT2D eigenvalue weighted by Crippen LogP contribution is 2.23. The number of anilines is 1. The largest absolute Gasteiger partial charge is 0.481 e. The van der Waals surface area contributed by atoms with Gasteiger partial charge in [-0.25, -0.2) is 0 Å². The zero-order valence-corrected chi connectivity index (χ0v) is 11.9. The third-order valence-corrected chi connectivity index (χ3v) is 3.37. The topological polar surface area (TPSA) is 66.4 Å². The second kappa shape index (κ2) is 6.90. The van der Waals surface area contributed by atoms with Crippen molar-refractivity contribution in [1.29, 1.82) is 0 Å². The van der Waals surface area contributed by atoms with Gasteiger partial charge in [-0.3, -0.25) is 9.59 Å². The second-order valence-electron chi connectivity index (χ2n) is 4.53. The highest BCUT2D eigenvalue weighted by Gasteiger charge is 2.23. The van der Waals surface area contributed by atoms with Gasteiger partial charge in [0.05, 0.1) is 16.6 Å². The van der Waals surface area contributed by atoms with Crippen LogP contribution in [0.15, 0.2) is 54.6 Å². The monoisotopic (exact) mass is 303 g/mol. The van der Waals surface area contributed by atoms with Gasteiger partial charge in [0, 0.05) is 6.42 Å². The Morgan fingerprint density at radius 3 is 2.29 bits per heavy atom. The van der Waals surface area contributed by atoms with Gasteiger partial charge in [-0.1, -0.05) is 54.1 Å². The normalized spacial score (nSPS) is 11.7. The molecule has 21 heavy (non-hydrogen) atoms. The van der Waals surface area contributed by atoms with Crippen LogP contribution in [0.3, 0.4) is 0 Å². The lowest BCUT2D eigenvalue weighted by Crippen LogP contribution is -2.21. The minimum absolute atomic E-state index is 0.148. The van der Waals surface area contributed by atoms with Crippen LogP contribution < -0.4 is 5.32 Å². The van der Waals surface area contributed by atoms with Crippen molar-refractivity contribution in [2.45, 2.75) is 12.3 Å². The average Bonchev–Trinajstić information content (AvgIpc) is 2.48. The first-order valence-corrected chi connectivity index (χ1v) is 6.78. The smallest absolute Gasteiger partial charge is 0.311 e. The summed E-state index contributed by atoms with van der Waals surface area (Å²) in [7, 11) is 0. The molecular formula is C16H14ClNO3. The summed E-state index contributed by atoms with van der Waals surface area (Å²) in [4.78, 5) is 23.4. The van der Waals surface area contributed by atoms with E-state index in [1.807, 2.05) is 0 Å². The van der Waals surface area contributed by atoms with Gasteiger partial charge < -0.3 is 10.4 Å². The zero-order chi connectivity index (χ0) is 15.2. The number of hydrogen-bond donors (Lipinski definition) is 2. The molecule has 0 bridgehead atoms.